The van der Waals surface area contributed by atoms with Gasteiger partial charge in [0, 0.05) is 17.8 Å². The predicted octanol–water partition coefficient (Wildman–Crippen LogP) is 1.39. The fourth-order valence-corrected chi connectivity index (χ4v) is 3.04. The average molecular weight is 318 g/mol. The number of nitrogens with one attached hydrogen (secondary N) is 2. The first kappa shape index (κ1) is 17.1. The zero-order valence-electron chi connectivity index (χ0n) is 12.0. The zero-order chi connectivity index (χ0) is 15.1. The average Bonchev–Trinajstić information content (AvgIpc) is 2.79. The minimum absolute atomic E-state index is 0.0179. The number of nitrogens with two attached hydrogens (primary N) is 1. The summed E-state index contributed by atoms with van der Waals surface area (Å²) in [5.74, 6) is -0.00690. The van der Waals surface area contributed by atoms with Crippen molar-refractivity contribution in [2.24, 2.45) is 0 Å². The second-order valence-corrected chi connectivity index (χ2v) is 6.45. The third-order valence-electron chi connectivity index (χ3n) is 2.78. The number of carbonyl (C=O) groups excluding carboxylic acids is 1. The van der Waals surface area contributed by atoms with E-state index in [9.17, 15) is 9.90 Å². The number of aromatic nitrogens is 1. The first-order valence-electron chi connectivity index (χ1n) is 6.48. The van der Waals surface area contributed by atoms with E-state index < -0.39 is 0 Å². The lowest BCUT2D eigenvalue weighted by Gasteiger charge is -2.20. The lowest BCUT2D eigenvalue weighted by molar-refractivity contribution is 0.0940. The van der Waals surface area contributed by atoms with Gasteiger partial charge in [-0.25, -0.2) is 4.98 Å². The summed E-state index contributed by atoms with van der Waals surface area (Å²) < 4.78 is 0. The number of amides is 1. The number of rotatable bonds is 8. The Bertz CT molecular complexity index is 435. The van der Waals surface area contributed by atoms with Crippen molar-refractivity contribution in [3.05, 3.63) is 4.88 Å². The number of aliphatic hydroxyl groups excluding tert-OH is 1. The molecule has 0 aromatic carbocycles. The van der Waals surface area contributed by atoms with E-state index in [4.69, 9.17) is 5.73 Å². The van der Waals surface area contributed by atoms with Gasteiger partial charge in [-0.3, -0.25) is 4.79 Å². The van der Waals surface area contributed by atoms with Crippen LogP contribution in [0.3, 0.4) is 0 Å². The Morgan fingerprint density at radius 2 is 2.30 bits per heavy atom. The Labute approximate surface area is 127 Å². The van der Waals surface area contributed by atoms with E-state index >= 15 is 0 Å². The lowest BCUT2D eigenvalue weighted by Crippen LogP contribution is -2.41. The molecular weight excluding hydrogens is 296 g/mol. The molecule has 5 N–H and O–H groups in total. The van der Waals surface area contributed by atoms with E-state index in [1.54, 1.807) is 0 Å². The Morgan fingerprint density at radius 1 is 1.60 bits per heavy atom. The summed E-state index contributed by atoms with van der Waals surface area (Å²) in [6.45, 7) is 4.73. The minimum Gasteiger partial charge on any atom is -0.395 e. The van der Waals surface area contributed by atoms with Crippen molar-refractivity contribution in [2.45, 2.75) is 31.6 Å². The van der Waals surface area contributed by atoms with Gasteiger partial charge in [-0.1, -0.05) is 18.3 Å². The Kier molecular flexibility index (Phi) is 7.11. The number of thiazole rings is 1. The van der Waals surface area contributed by atoms with E-state index in [0.717, 1.165) is 13.0 Å². The van der Waals surface area contributed by atoms with Crippen LogP contribution in [0.4, 0.5) is 10.9 Å². The summed E-state index contributed by atoms with van der Waals surface area (Å²) in [5, 5.41) is 15.8. The van der Waals surface area contributed by atoms with Gasteiger partial charge in [0.2, 0.25) is 0 Å². The molecule has 0 aliphatic heterocycles. The van der Waals surface area contributed by atoms with Crippen LogP contribution in [0.2, 0.25) is 0 Å². The molecule has 20 heavy (non-hydrogen) atoms. The molecule has 0 radical (unpaired) electrons. The SMILES string of the molecule is CCCNc1nc(N)c(C(=O)NC(C)C(CO)SC)s1. The first-order chi connectivity index (χ1) is 9.53. The van der Waals surface area contributed by atoms with Gasteiger partial charge in [0.15, 0.2) is 5.13 Å². The maximum Gasteiger partial charge on any atom is 0.265 e. The van der Waals surface area contributed by atoms with Gasteiger partial charge in [-0.15, -0.1) is 0 Å². The van der Waals surface area contributed by atoms with Gasteiger partial charge in [-0.2, -0.15) is 11.8 Å². The normalized spacial score (nSPS) is 13.8. The molecule has 1 rings (SSSR count). The Balaban J connectivity index is 2.69. The van der Waals surface area contributed by atoms with E-state index in [1.807, 2.05) is 13.2 Å². The van der Waals surface area contributed by atoms with Crippen molar-refractivity contribution in [2.75, 3.05) is 30.5 Å². The molecule has 1 heterocycles. The molecule has 1 aromatic rings. The number of nitrogens with zero attached hydrogens (tertiary/aromatic N) is 1. The molecule has 0 saturated carbocycles. The van der Waals surface area contributed by atoms with Crippen LogP contribution < -0.4 is 16.4 Å². The highest BCUT2D eigenvalue weighted by molar-refractivity contribution is 7.99. The van der Waals surface area contributed by atoms with Crippen LogP contribution >= 0.6 is 23.1 Å². The van der Waals surface area contributed by atoms with E-state index in [-0.39, 0.29) is 29.6 Å². The highest BCUT2D eigenvalue weighted by Crippen LogP contribution is 2.25. The summed E-state index contributed by atoms with van der Waals surface area (Å²) >= 11 is 2.76. The highest BCUT2D eigenvalue weighted by atomic mass is 32.2. The summed E-state index contributed by atoms with van der Waals surface area (Å²) in [6, 6.07) is -0.143. The van der Waals surface area contributed by atoms with Crippen LogP contribution in [-0.4, -0.2) is 46.7 Å². The molecule has 1 amide bonds. The molecule has 0 bridgehead atoms. The van der Waals surface area contributed by atoms with Crippen molar-refractivity contribution in [3.8, 4) is 0 Å². The summed E-state index contributed by atoms with van der Waals surface area (Å²) in [7, 11) is 0. The highest BCUT2D eigenvalue weighted by Gasteiger charge is 2.21. The predicted molar refractivity (Wildman–Crippen MR) is 86.6 cm³/mol. The van der Waals surface area contributed by atoms with Gasteiger partial charge < -0.3 is 21.5 Å². The van der Waals surface area contributed by atoms with Crippen LogP contribution in [0, 0.1) is 0 Å². The zero-order valence-corrected chi connectivity index (χ0v) is 13.6. The fraction of sp³-hybridized carbons (Fsp3) is 0.667. The van der Waals surface area contributed by atoms with E-state index in [0.29, 0.717) is 10.0 Å². The van der Waals surface area contributed by atoms with Crippen molar-refractivity contribution >= 4 is 40.0 Å². The van der Waals surface area contributed by atoms with E-state index in [2.05, 4.69) is 22.5 Å². The standard InChI is InChI=1S/C12H22N4O2S2/c1-4-5-14-12-16-10(13)9(20-12)11(18)15-7(2)8(6-17)19-3/h7-8,17H,4-6,13H2,1-3H3,(H,14,16)(H,15,18). The van der Waals surface area contributed by atoms with Crippen LogP contribution in [0.25, 0.3) is 0 Å². The number of aliphatic hydroxyl groups is 1. The number of anilines is 2. The number of thioether (sulfide) groups is 1. The van der Waals surface area contributed by atoms with Gasteiger partial charge >= 0.3 is 0 Å². The van der Waals surface area contributed by atoms with Crippen LogP contribution in [0.15, 0.2) is 0 Å². The first-order valence-corrected chi connectivity index (χ1v) is 8.58. The molecule has 1 aromatic heterocycles. The van der Waals surface area contributed by atoms with Gasteiger partial charge in [0.05, 0.1) is 6.61 Å². The maximum atomic E-state index is 12.2. The molecule has 6 nitrogen and oxygen atoms in total. The molecule has 8 heteroatoms. The largest absolute Gasteiger partial charge is 0.395 e. The summed E-state index contributed by atoms with van der Waals surface area (Å²) in [4.78, 5) is 16.7. The van der Waals surface area contributed by atoms with Crippen LogP contribution in [-0.2, 0) is 0 Å². The second-order valence-electron chi connectivity index (χ2n) is 4.38. The Hall–Kier alpha value is -0.990. The van der Waals surface area contributed by atoms with Crippen LogP contribution in [0.5, 0.6) is 0 Å². The molecule has 0 spiro atoms. The van der Waals surface area contributed by atoms with Gasteiger partial charge in [0.1, 0.15) is 10.7 Å². The lowest BCUT2D eigenvalue weighted by atomic mass is 10.2. The quantitative estimate of drug-likeness (QED) is 0.578. The fourth-order valence-electron chi connectivity index (χ4n) is 1.60. The van der Waals surface area contributed by atoms with Crippen molar-refractivity contribution < 1.29 is 9.90 Å². The van der Waals surface area contributed by atoms with Gasteiger partial charge in [0.25, 0.3) is 5.91 Å². The molecule has 0 fully saturated rings. The molecule has 2 unspecified atom stereocenters. The number of hydrogen-bond donors (Lipinski definition) is 4. The Morgan fingerprint density at radius 3 is 2.85 bits per heavy atom. The van der Waals surface area contributed by atoms with Gasteiger partial charge in [-0.05, 0) is 19.6 Å². The molecule has 0 saturated heterocycles. The molecule has 0 aliphatic carbocycles. The van der Waals surface area contributed by atoms with Crippen LogP contribution in [0.1, 0.15) is 29.9 Å². The maximum absolute atomic E-state index is 12.2. The minimum atomic E-state index is -0.246. The third kappa shape index (κ3) is 4.53. The van der Waals surface area contributed by atoms with Crippen molar-refractivity contribution in [1.29, 1.82) is 0 Å². The van der Waals surface area contributed by atoms with E-state index in [1.165, 1.54) is 23.1 Å². The number of carbonyl (C=O) groups is 1. The molecule has 2 atom stereocenters. The smallest absolute Gasteiger partial charge is 0.265 e. The molecular formula is C12H22N4O2S2. The van der Waals surface area contributed by atoms with Crippen molar-refractivity contribution in [1.82, 2.24) is 10.3 Å². The number of nitrogen functional groups attached to an aromatic ring is 1. The topological polar surface area (TPSA) is 100 Å². The summed E-state index contributed by atoms with van der Waals surface area (Å²) in [5.41, 5.74) is 5.77. The number of hydrogen-bond acceptors (Lipinski definition) is 7. The molecule has 0 aliphatic rings. The third-order valence-corrected chi connectivity index (χ3v) is 4.98. The monoisotopic (exact) mass is 318 g/mol. The summed E-state index contributed by atoms with van der Waals surface area (Å²) in [6.07, 6.45) is 2.88. The van der Waals surface area contributed by atoms with Crippen molar-refractivity contribution in [3.63, 3.8) is 0 Å². The molecule has 114 valence electrons. The second kappa shape index (κ2) is 8.33.